The van der Waals surface area contributed by atoms with Crippen LogP contribution in [0, 0.1) is 5.92 Å². The third kappa shape index (κ3) is 3.33. The van der Waals surface area contributed by atoms with Crippen LogP contribution in [0.1, 0.15) is 31.1 Å². The van der Waals surface area contributed by atoms with Crippen LogP contribution in [-0.2, 0) is 11.2 Å². The van der Waals surface area contributed by atoms with E-state index in [1.54, 1.807) is 11.3 Å². The lowest BCUT2D eigenvalue weighted by Crippen LogP contribution is -2.41. The Bertz CT molecular complexity index is 369. The monoisotopic (exact) mass is 267 g/mol. The van der Waals surface area contributed by atoms with E-state index >= 15 is 0 Å². The molecule has 18 heavy (non-hydrogen) atoms. The molecule has 0 aromatic carbocycles. The van der Waals surface area contributed by atoms with Gasteiger partial charge in [-0.15, -0.1) is 11.3 Å². The predicted molar refractivity (Wildman–Crippen MR) is 73.6 cm³/mol. The number of carbonyl (C=O) groups is 1. The first-order chi connectivity index (χ1) is 8.70. The largest absolute Gasteiger partial charge is 0.393 e. The smallest absolute Gasteiger partial charge is 0.227 e. The summed E-state index contributed by atoms with van der Waals surface area (Å²) in [5.74, 6) is 0.600. The van der Waals surface area contributed by atoms with Crippen LogP contribution in [0.25, 0.3) is 0 Å². The highest BCUT2D eigenvalue weighted by Crippen LogP contribution is 2.23. The van der Waals surface area contributed by atoms with Gasteiger partial charge in [0.05, 0.1) is 12.5 Å². The van der Waals surface area contributed by atoms with Gasteiger partial charge in [-0.05, 0) is 36.6 Å². The molecule has 1 N–H and O–H groups in total. The minimum absolute atomic E-state index is 0.195. The van der Waals surface area contributed by atoms with Crippen molar-refractivity contribution in [3.63, 3.8) is 0 Å². The van der Waals surface area contributed by atoms with E-state index in [0.29, 0.717) is 12.3 Å². The molecule has 0 bridgehead atoms. The van der Waals surface area contributed by atoms with Crippen molar-refractivity contribution in [3.8, 4) is 0 Å². The van der Waals surface area contributed by atoms with Gasteiger partial charge in [0, 0.05) is 18.0 Å². The van der Waals surface area contributed by atoms with E-state index in [9.17, 15) is 9.90 Å². The Morgan fingerprint density at radius 2 is 2.28 bits per heavy atom. The van der Waals surface area contributed by atoms with Gasteiger partial charge in [-0.25, -0.2) is 0 Å². The number of carbonyl (C=O) groups excluding carboxylic acids is 1. The molecule has 1 aliphatic rings. The van der Waals surface area contributed by atoms with Crippen LogP contribution in [0.15, 0.2) is 17.5 Å². The average Bonchev–Trinajstić information content (AvgIpc) is 2.91. The Kier molecular flexibility index (Phi) is 4.78. The number of likely N-dealkylation sites (tertiary alicyclic amines) is 1. The SMILES string of the molecule is CCC(O)C1CCN(C(=O)Cc2cccs2)CC1. The number of aliphatic hydroxyl groups excluding tert-OH is 1. The molecule has 0 saturated carbocycles. The number of hydrogen-bond donors (Lipinski definition) is 1. The van der Waals surface area contributed by atoms with Crippen LogP contribution in [0.3, 0.4) is 0 Å². The zero-order valence-electron chi connectivity index (χ0n) is 10.8. The van der Waals surface area contributed by atoms with Gasteiger partial charge in [0.25, 0.3) is 0 Å². The third-order valence-corrected chi connectivity index (χ3v) is 4.64. The first kappa shape index (κ1) is 13.6. The summed E-state index contributed by atoms with van der Waals surface area (Å²) in [7, 11) is 0. The number of piperidine rings is 1. The highest BCUT2D eigenvalue weighted by atomic mass is 32.1. The summed E-state index contributed by atoms with van der Waals surface area (Å²) < 4.78 is 0. The van der Waals surface area contributed by atoms with E-state index in [0.717, 1.165) is 37.2 Å². The molecule has 0 radical (unpaired) electrons. The lowest BCUT2D eigenvalue weighted by Gasteiger charge is -2.34. The van der Waals surface area contributed by atoms with Crippen LogP contribution < -0.4 is 0 Å². The van der Waals surface area contributed by atoms with E-state index in [-0.39, 0.29) is 12.0 Å². The van der Waals surface area contributed by atoms with Gasteiger partial charge < -0.3 is 10.0 Å². The number of nitrogens with zero attached hydrogens (tertiary/aromatic N) is 1. The predicted octanol–water partition coefficient (Wildman–Crippen LogP) is 2.30. The van der Waals surface area contributed by atoms with Crippen molar-refractivity contribution in [2.45, 2.75) is 38.7 Å². The number of rotatable bonds is 4. The van der Waals surface area contributed by atoms with Crippen molar-refractivity contribution in [3.05, 3.63) is 22.4 Å². The van der Waals surface area contributed by atoms with E-state index in [1.165, 1.54) is 0 Å². The molecule has 1 unspecified atom stereocenters. The summed E-state index contributed by atoms with van der Waals surface area (Å²) >= 11 is 1.64. The molecule has 1 saturated heterocycles. The van der Waals surface area contributed by atoms with Crippen molar-refractivity contribution < 1.29 is 9.90 Å². The van der Waals surface area contributed by atoms with Crippen molar-refractivity contribution in [1.82, 2.24) is 4.90 Å². The topological polar surface area (TPSA) is 40.5 Å². The Morgan fingerprint density at radius 1 is 1.56 bits per heavy atom. The van der Waals surface area contributed by atoms with E-state index in [4.69, 9.17) is 0 Å². The molecule has 2 rings (SSSR count). The van der Waals surface area contributed by atoms with Crippen LogP contribution in [0.2, 0.25) is 0 Å². The molecular formula is C14H21NO2S. The molecule has 1 aromatic heterocycles. The normalized spacial score (nSPS) is 18.9. The molecule has 1 amide bonds. The molecule has 100 valence electrons. The highest BCUT2D eigenvalue weighted by molar-refractivity contribution is 7.10. The summed E-state index contributed by atoms with van der Waals surface area (Å²) in [6.07, 6.45) is 3.02. The summed E-state index contributed by atoms with van der Waals surface area (Å²) in [6.45, 7) is 3.61. The van der Waals surface area contributed by atoms with Crippen molar-refractivity contribution in [2.75, 3.05) is 13.1 Å². The van der Waals surface area contributed by atoms with Crippen LogP contribution in [0.5, 0.6) is 0 Å². The summed E-state index contributed by atoms with van der Waals surface area (Å²) in [5.41, 5.74) is 0. The first-order valence-corrected chi connectivity index (χ1v) is 7.57. The Balaban J connectivity index is 1.80. The molecule has 4 heteroatoms. The molecular weight excluding hydrogens is 246 g/mol. The molecule has 1 aliphatic heterocycles. The Morgan fingerprint density at radius 3 is 2.83 bits per heavy atom. The molecule has 1 aromatic rings. The van der Waals surface area contributed by atoms with Crippen LogP contribution in [-0.4, -0.2) is 35.1 Å². The lowest BCUT2D eigenvalue weighted by molar-refractivity contribution is -0.132. The number of aliphatic hydroxyl groups is 1. The second kappa shape index (κ2) is 6.34. The number of thiophene rings is 1. The quantitative estimate of drug-likeness (QED) is 0.909. The molecule has 3 nitrogen and oxygen atoms in total. The molecule has 1 fully saturated rings. The van der Waals surface area contributed by atoms with Crippen molar-refractivity contribution in [2.24, 2.45) is 5.92 Å². The van der Waals surface area contributed by atoms with Crippen LogP contribution >= 0.6 is 11.3 Å². The van der Waals surface area contributed by atoms with Gasteiger partial charge in [-0.2, -0.15) is 0 Å². The molecule has 1 atom stereocenters. The first-order valence-electron chi connectivity index (χ1n) is 6.69. The average molecular weight is 267 g/mol. The van der Waals surface area contributed by atoms with E-state index < -0.39 is 0 Å². The summed E-state index contributed by atoms with van der Waals surface area (Å²) in [6, 6.07) is 3.99. The van der Waals surface area contributed by atoms with Crippen molar-refractivity contribution in [1.29, 1.82) is 0 Å². The van der Waals surface area contributed by atoms with Crippen molar-refractivity contribution >= 4 is 17.2 Å². The van der Waals surface area contributed by atoms with Gasteiger partial charge in [0.2, 0.25) is 5.91 Å². The summed E-state index contributed by atoms with van der Waals surface area (Å²) in [4.78, 5) is 15.2. The number of hydrogen-bond acceptors (Lipinski definition) is 3. The summed E-state index contributed by atoms with van der Waals surface area (Å²) in [5, 5.41) is 11.8. The van der Waals surface area contributed by atoms with E-state index in [2.05, 4.69) is 0 Å². The van der Waals surface area contributed by atoms with Gasteiger partial charge in [0.1, 0.15) is 0 Å². The number of amides is 1. The second-order valence-electron chi connectivity index (χ2n) is 4.95. The standard InChI is InChI=1S/C14H21NO2S/c1-2-13(16)11-5-7-15(8-6-11)14(17)10-12-4-3-9-18-12/h3-4,9,11,13,16H,2,5-8,10H2,1H3. The zero-order valence-corrected chi connectivity index (χ0v) is 11.7. The van der Waals surface area contributed by atoms with Gasteiger partial charge in [-0.1, -0.05) is 13.0 Å². The zero-order chi connectivity index (χ0) is 13.0. The second-order valence-corrected chi connectivity index (χ2v) is 5.98. The van der Waals surface area contributed by atoms with E-state index in [1.807, 2.05) is 29.3 Å². The Labute approximate surface area is 112 Å². The highest BCUT2D eigenvalue weighted by Gasteiger charge is 2.26. The minimum atomic E-state index is -0.195. The Hall–Kier alpha value is -0.870. The third-order valence-electron chi connectivity index (χ3n) is 3.76. The molecule has 0 spiro atoms. The maximum atomic E-state index is 12.1. The van der Waals surface area contributed by atoms with Gasteiger partial charge in [-0.3, -0.25) is 4.79 Å². The minimum Gasteiger partial charge on any atom is -0.393 e. The fraction of sp³-hybridized carbons (Fsp3) is 0.643. The fourth-order valence-corrected chi connectivity index (χ4v) is 3.24. The lowest BCUT2D eigenvalue weighted by atomic mass is 9.90. The fourth-order valence-electron chi connectivity index (χ4n) is 2.54. The van der Waals surface area contributed by atoms with Crippen LogP contribution in [0.4, 0.5) is 0 Å². The maximum absolute atomic E-state index is 12.1. The molecule has 2 heterocycles. The molecule has 0 aliphatic carbocycles. The maximum Gasteiger partial charge on any atom is 0.227 e. The van der Waals surface area contributed by atoms with Gasteiger partial charge in [0.15, 0.2) is 0 Å². The van der Waals surface area contributed by atoms with Gasteiger partial charge >= 0.3 is 0 Å².